The van der Waals surface area contributed by atoms with Gasteiger partial charge in [0.15, 0.2) is 0 Å². The Kier molecular flexibility index (Phi) is 5.98. The zero-order valence-electron chi connectivity index (χ0n) is 13.6. The van der Waals surface area contributed by atoms with Gasteiger partial charge in [-0.2, -0.15) is 0 Å². The van der Waals surface area contributed by atoms with Crippen LogP contribution >= 0.6 is 0 Å². The molecule has 24 heavy (non-hydrogen) atoms. The standard InChI is InChI=1S/C19H20BNO3/c1-2-21-23-20(24-22-15-16-8-4-3-5-9-16)19-13-12-17-10-6-7-11-18(17)14-19/h3-14,21H,2,15H2,1H3. The lowest BCUT2D eigenvalue weighted by atomic mass is 9.79. The molecule has 0 saturated heterocycles. The SMILES string of the molecule is CCNOB(OOCc1ccccc1)c1ccc2ccccc2c1. The van der Waals surface area contributed by atoms with Crippen LogP contribution < -0.4 is 10.9 Å². The minimum absolute atomic E-state index is 0.362. The second kappa shape index (κ2) is 8.61. The van der Waals surface area contributed by atoms with Crippen molar-refractivity contribution in [3.63, 3.8) is 0 Å². The maximum absolute atomic E-state index is 5.57. The summed E-state index contributed by atoms with van der Waals surface area (Å²) in [6.07, 6.45) is 0. The van der Waals surface area contributed by atoms with Crippen molar-refractivity contribution >= 4 is 23.4 Å². The molecule has 0 aliphatic carbocycles. The molecular weight excluding hydrogens is 301 g/mol. The van der Waals surface area contributed by atoms with Crippen molar-refractivity contribution in [2.75, 3.05) is 6.54 Å². The summed E-state index contributed by atoms with van der Waals surface area (Å²) >= 11 is 0. The van der Waals surface area contributed by atoms with Gasteiger partial charge in [0.25, 0.3) is 0 Å². The highest BCUT2D eigenvalue weighted by Crippen LogP contribution is 2.12. The molecule has 0 bridgehead atoms. The van der Waals surface area contributed by atoms with Gasteiger partial charge in [0, 0.05) is 6.54 Å². The molecule has 3 rings (SSSR count). The highest BCUT2D eigenvalue weighted by Gasteiger charge is 2.23. The topological polar surface area (TPSA) is 39.7 Å². The van der Waals surface area contributed by atoms with Crippen LogP contribution in [0.1, 0.15) is 12.5 Å². The van der Waals surface area contributed by atoms with Crippen molar-refractivity contribution in [3.05, 3.63) is 78.4 Å². The van der Waals surface area contributed by atoms with Crippen molar-refractivity contribution in [2.24, 2.45) is 0 Å². The molecule has 0 amide bonds. The fourth-order valence-electron chi connectivity index (χ4n) is 2.39. The van der Waals surface area contributed by atoms with E-state index in [0.717, 1.165) is 16.4 Å². The molecule has 0 atom stereocenters. The second-order valence-electron chi connectivity index (χ2n) is 5.40. The Morgan fingerprint density at radius 2 is 1.62 bits per heavy atom. The summed E-state index contributed by atoms with van der Waals surface area (Å²) in [6.45, 7) is 2.99. The van der Waals surface area contributed by atoms with Gasteiger partial charge >= 0.3 is 7.12 Å². The van der Waals surface area contributed by atoms with E-state index in [1.807, 2.05) is 67.6 Å². The molecule has 0 saturated carbocycles. The summed E-state index contributed by atoms with van der Waals surface area (Å²) in [7, 11) is -0.640. The first-order valence-electron chi connectivity index (χ1n) is 8.06. The summed E-state index contributed by atoms with van der Waals surface area (Å²) in [4.78, 5) is 10.9. The van der Waals surface area contributed by atoms with Gasteiger partial charge in [0.1, 0.15) is 6.61 Å². The Morgan fingerprint density at radius 3 is 2.42 bits per heavy atom. The second-order valence-corrected chi connectivity index (χ2v) is 5.40. The van der Waals surface area contributed by atoms with Crippen LogP contribution in [0.5, 0.6) is 0 Å². The van der Waals surface area contributed by atoms with Crippen LogP contribution in [0.25, 0.3) is 10.8 Å². The molecule has 4 nitrogen and oxygen atoms in total. The Hall–Kier alpha value is -2.18. The van der Waals surface area contributed by atoms with E-state index in [4.69, 9.17) is 14.4 Å². The van der Waals surface area contributed by atoms with Crippen molar-refractivity contribution in [1.82, 2.24) is 5.48 Å². The fourth-order valence-corrected chi connectivity index (χ4v) is 2.39. The van der Waals surface area contributed by atoms with Crippen molar-refractivity contribution in [2.45, 2.75) is 13.5 Å². The first-order valence-corrected chi connectivity index (χ1v) is 8.06. The monoisotopic (exact) mass is 321 g/mol. The van der Waals surface area contributed by atoms with Crippen LogP contribution in [-0.2, 0) is 21.1 Å². The van der Waals surface area contributed by atoms with Gasteiger partial charge in [0.05, 0.1) is 0 Å². The maximum atomic E-state index is 5.57. The Bertz CT molecular complexity index is 767. The van der Waals surface area contributed by atoms with E-state index in [-0.39, 0.29) is 0 Å². The minimum atomic E-state index is -0.640. The Morgan fingerprint density at radius 1 is 0.875 bits per heavy atom. The minimum Gasteiger partial charge on any atom is -0.321 e. The first kappa shape index (κ1) is 16.7. The molecule has 1 N–H and O–H groups in total. The van der Waals surface area contributed by atoms with E-state index in [2.05, 4.69) is 17.6 Å². The van der Waals surface area contributed by atoms with Crippen LogP contribution in [0.15, 0.2) is 72.8 Å². The van der Waals surface area contributed by atoms with Gasteiger partial charge in [0.2, 0.25) is 0 Å². The number of rotatable bonds is 8. The lowest BCUT2D eigenvalue weighted by Crippen LogP contribution is -2.41. The van der Waals surface area contributed by atoms with Gasteiger partial charge in [-0.05, 0) is 21.8 Å². The predicted octanol–water partition coefficient (Wildman–Crippen LogP) is 3.22. The Balaban J connectivity index is 1.69. The predicted molar refractivity (Wildman–Crippen MR) is 96.4 cm³/mol. The zero-order chi connectivity index (χ0) is 16.6. The smallest absolute Gasteiger partial charge is 0.321 e. The quantitative estimate of drug-likeness (QED) is 0.393. The molecule has 0 aliphatic heterocycles. The third kappa shape index (κ3) is 4.43. The van der Waals surface area contributed by atoms with Crippen molar-refractivity contribution < 1.29 is 14.4 Å². The zero-order valence-corrected chi connectivity index (χ0v) is 13.6. The third-order valence-electron chi connectivity index (χ3n) is 3.60. The van der Waals surface area contributed by atoms with Gasteiger partial charge in [-0.3, -0.25) is 4.81 Å². The van der Waals surface area contributed by atoms with Crippen LogP contribution in [0, 0.1) is 0 Å². The molecule has 0 aromatic heterocycles. The molecule has 122 valence electrons. The normalized spacial score (nSPS) is 10.9. The molecule has 0 spiro atoms. The summed E-state index contributed by atoms with van der Waals surface area (Å²) in [5.74, 6) is 0. The average Bonchev–Trinajstić information content (AvgIpc) is 2.65. The maximum Gasteiger partial charge on any atom is 0.542 e. The Labute approximate surface area is 142 Å². The van der Waals surface area contributed by atoms with Gasteiger partial charge in [-0.15, -0.1) is 0 Å². The number of nitrogens with one attached hydrogen (secondary N) is 1. The van der Waals surface area contributed by atoms with E-state index >= 15 is 0 Å². The molecule has 0 fully saturated rings. The van der Waals surface area contributed by atoms with E-state index in [1.54, 1.807) is 0 Å². The van der Waals surface area contributed by atoms with Gasteiger partial charge < -0.3 is 4.76 Å². The van der Waals surface area contributed by atoms with Crippen molar-refractivity contribution in [3.8, 4) is 0 Å². The van der Waals surface area contributed by atoms with Crippen LogP contribution in [0.4, 0.5) is 0 Å². The molecule has 0 heterocycles. The molecule has 3 aromatic rings. The number of benzene rings is 3. The van der Waals surface area contributed by atoms with Crippen molar-refractivity contribution in [1.29, 1.82) is 0 Å². The average molecular weight is 321 g/mol. The molecule has 0 unspecified atom stereocenters. The largest absolute Gasteiger partial charge is 0.542 e. The van der Waals surface area contributed by atoms with E-state index in [1.165, 1.54) is 5.39 Å². The highest BCUT2D eigenvalue weighted by atomic mass is 17.2. The van der Waals surface area contributed by atoms with E-state index in [0.29, 0.717) is 13.2 Å². The van der Waals surface area contributed by atoms with Gasteiger partial charge in [-0.1, -0.05) is 79.7 Å². The van der Waals surface area contributed by atoms with E-state index in [9.17, 15) is 0 Å². The number of hydroxylamine groups is 1. The summed E-state index contributed by atoms with van der Waals surface area (Å²) < 4.78 is 5.57. The number of fused-ring (bicyclic) bond motifs is 1. The molecule has 0 radical (unpaired) electrons. The first-order chi connectivity index (χ1) is 11.9. The fraction of sp³-hybridized carbons (Fsp3) is 0.158. The molecule has 0 aliphatic rings. The molecule has 5 heteroatoms. The summed E-state index contributed by atoms with van der Waals surface area (Å²) in [6, 6.07) is 24.1. The summed E-state index contributed by atoms with van der Waals surface area (Å²) in [5.41, 5.74) is 4.77. The van der Waals surface area contributed by atoms with Gasteiger partial charge in [-0.25, -0.2) is 10.4 Å². The highest BCUT2D eigenvalue weighted by molar-refractivity contribution is 6.61. The lowest BCUT2D eigenvalue weighted by molar-refractivity contribution is -0.236. The van der Waals surface area contributed by atoms with Crippen LogP contribution in [0.3, 0.4) is 0 Å². The summed E-state index contributed by atoms with van der Waals surface area (Å²) in [5, 5.41) is 2.31. The van der Waals surface area contributed by atoms with Crippen LogP contribution in [-0.4, -0.2) is 13.7 Å². The van der Waals surface area contributed by atoms with E-state index < -0.39 is 7.12 Å². The molecular formula is C19H20BNO3. The molecule has 3 aromatic carbocycles. The van der Waals surface area contributed by atoms with Crippen LogP contribution in [0.2, 0.25) is 0 Å². The third-order valence-corrected chi connectivity index (χ3v) is 3.60. The lowest BCUT2D eigenvalue weighted by Gasteiger charge is -2.14. The number of hydrogen-bond acceptors (Lipinski definition) is 4. The number of hydrogen-bond donors (Lipinski definition) is 1.